The van der Waals surface area contributed by atoms with Gasteiger partial charge in [0.05, 0.1) is 11.6 Å². The van der Waals surface area contributed by atoms with Crippen LogP contribution >= 0.6 is 27.5 Å². The summed E-state index contributed by atoms with van der Waals surface area (Å²) in [6.07, 6.45) is 1.97. The van der Waals surface area contributed by atoms with Gasteiger partial charge in [0, 0.05) is 22.3 Å². The number of hydrogen-bond acceptors (Lipinski definition) is 2. The fourth-order valence-corrected chi connectivity index (χ4v) is 2.81. The molecule has 1 aromatic carbocycles. The van der Waals surface area contributed by atoms with E-state index < -0.39 is 0 Å². The third-order valence-corrected chi connectivity index (χ3v) is 3.76. The molecule has 0 unspecified atom stereocenters. The summed E-state index contributed by atoms with van der Waals surface area (Å²) in [7, 11) is 0. The number of hydrogen-bond donors (Lipinski definition) is 0. The molecule has 2 rings (SSSR count). The van der Waals surface area contributed by atoms with Crippen LogP contribution in [0.1, 0.15) is 36.7 Å². The molecule has 5 heteroatoms. The minimum atomic E-state index is 0.358. The van der Waals surface area contributed by atoms with Gasteiger partial charge in [-0.3, -0.25) is 4.68 Å². The largest absolute Gasteiger partial charge is 0.487 e. The first kappa shape index (κ1) is 15.4. The molecule has 0 spiro atoms. The highest BCUT2D eigenvalue weighted by Crippen LogP contribution is 2.29. The lowest BCUT2D eigenvalue weighted by atomic mass is 10.1. The second-order valence-electron chi connectivity index (χ2n) is 5.01. The molecule has 0 saturated carbocycles. The molecule has 0 N–H and O–H groups in total. The van der Waals surface area contributed by atoms with Crippen molar-refractivity contribution in [3.05, 3.63) is 45.7 Å². The van der Waals surface area contributed by atoms with E-state index in [0.717, 1.165) is 27.0 Å². The minimum absolute atomic E-state index is 0.358. The minimum Gasteiger partial charge on any atom is -0.487 e. The van der Waals surface area contributed by atoms with Crippen LogP contribution in [0.2, 0.25) is 0 Å². The van der Waals surface area contributed by atoms with Gasteiger partial charge >= 0.3 is 0 Å². The van der Waals surface area contributed by atoms with E-state index in [1.54, 1.807) is 0 Å². The predicted molar refractivity (Wildman–Crippen MR) is 85.4 cm³/mol. The van der Waals surface area contributed by atoms with Crippen molar-refractivity contribution in [2.24, 2.45) is 0 Å². The molecule has 0 aliphatic rings. The number of alkyl halides is 1. The molecule has 0 fully saturated rings. The molecule has 0 saturated heterocycles. The summed E-state index contributed by atoms with van der Waals surface area (Å²) in [4.78, 5) is 0. The van der Waals surface area contributed by atoms with Crippen molar-refractivity contribution >= 4 is 27.5 Å². The summed E-state index contributed by atoms with van der Waals surface area (Å²) in [6.45, 7) is 6.67. The number of rotatable bonds is 5. The fourth-order valence-electron chi connectivity index (χ4n) is 1.99. The van der Waals surface area contributed by atoms with Gasteiger partial charge in [-0.15, -0.1) is 11.6 Å². The molecular formula is C15H18BrClN2O. The van der Waals surface area contributed by atoms with Crippen LogP contribution in [0.15, 0.2) is 28.9 Å². The Morgan fingerprint density at radius 1 is 1.40 bits per heavy atom. The average Bonchev–Trinajstić information content (AvgIpc) is 2.85. The number of benzene rings is 1. The Morgan fingerprint density at radius 2 is 2.15 bits per heavy atom. The lowest BCUT2D eigenvalue weighted by Crippen LogP contribution is -2.04. The van der Waals surface area contributed by atoms with E-state index in [0.29, 0.717) is 18.5 Å². The number of nitrogens with zero attached hydrogens (tertiary/aromatic N) is 2. The molecule has 1 heterocycles. The highest BCUT2D eigenvalue weighted by molar-refractivity contribution is 9.10. The smallest absolute Gasteiger partial charge is 0.132 e. The third kappa shape index (κ3) is 3.55. The van der Waals surface area contributed by atoms with E-state index in [1.807, 2.05) is 36.0 Å². The van der Waals surface area contributed by atoms with Crippen molar-refractivity contribution in [3.8, 4) is 5.75 Å². The maximum atomic E-state index is 5.98. The molecule has 0 aliphatic carbocycles. The maximum Gasteiger partial charge on any atom is 0.132 e. The first-order chi connectivity index (χ1) is 9.51. The summed E-state index contributed by atoms with van der Waals surface area (Å²) < 4.78 is 8.85. The van der Waals surface area contributed by atoms with Crippen LogP contribution in [-0.2, 0) is 12.5 Å². The second kappa shape index (κ2) is 6.64. The third-order valence-electron chi connectivity index (χ3n) is 3.02. The molecule has 1 aromatic heterocycles. The molecule has 0 atom stereocenters. The lowest BCUT2D eigenvalue weighted by molar-refractivity contribution is 0.294. The summed E-state index contributed by atoms with van der Waals surface area (Å²) >= 11 is 9.46. The Balaban J connectivity index is 2.14. The number of aryl methyl sites for hydroxylation is 1. The average molecular weight is 358 g/mol. The van der Waals surface area contributed by atoms with Crippen molar-refractivity contribution < 1.29 is 4.74 Å². The zero-order chi connectivity index (χ0) is 14.7. The Bertz CT molecular complexity index is 596. The number of aromatic nitrogens is 2. The van der Waals surface area contributed by atoms with Gasteiger partial charge in [-0.05, 0) is 44.5 Å². The van der Waals surface area contributed by atoms with Crippen LogP contribution in [-0.4, -0.2) is 9.78 Å². The summed E-state index contributed by atoms with van der Waals surface area (Å²) in [5.41, 5.74) is 2.97. The SMILES string of the molecule is Cc1cc(Br)cc(CCl)c1OCc1ccn(C(C)C)n1. The Hall–Kier alpha value is -1.00. The van der Waals surface area contributed by atoms with Gasteiger partial charge < -0.3 is 4.74 Å². The van der Waals surface area contributed by atoms with Gasteiger partial charge in [0.1, 0.15) is 12.4 Å². The number of ether oxygens (including phenoxy) is 1. The molecule has 20 heavy (non-hydrogen) atoms. The van der Waals surface area contributed by atoms with Gasteiger partial charge in [0.2, 0.25) is 0 Å². The van der Waals surface area contributed by atoms with Gasteiger partial charge in [0.25, 0.3) is 0 Å². The molecule has 0 radical (unpaired) electrons. The van der Waals surface area contributed by atoms with Crippen LogP contribution < -0.4 is 4.74 Å². The van der Waals surface area contributed by atoms with Crippen LogP contribution in [0.25, 0.3) is 0 Å². The van der Waals surface area contributed by atoms with E-state index in [2.05, 4.69) is 34.9 Å². The van der Waals surface area contributed by atoms with Gasteiger partial charge in [-0.2, -0.15) is 5.10 Å². The van der Waals surface area contributed by atoms with Crippen molar-refractivity contribution in [2.45, 2.75) is 39.3 Å². The first-order valence-electron chi connectivity index (χ1n) is 6.53. The van der Waals surface area contributed by atoms with Crippen LogP contribution in [0, 0.1) is 6.92 Å². The molecule has 0 amide bonds. The zero-order valence-electron chi connectivity index (χ0n) is 11.9. The van der Waals surface area contributed by atoms with E-state index in [-0.39, 0.29) is 0 Å². The van der Waals surface area contributed by atoms with Crippen molar-refractivity contribution in [3.63, 3.8) is 0 Å². The van der Waals surface area contributed by atoms with E-state index in [9.17, 15) is 0 Å². The summed E-state index contributed by atoms with van der Waals surface area (Å²) in [6, 6.07) is 6.35. The molecule has 0 aliphatic heterocycles. The first-order valence-corrected chi connectivity index (χ1v) is 7.86. The van der Waals surface area contributed by atoms with Crippen LogP contribution in [0.5, 0.6) is 5.75 Å². The van der Waals surface area contributed by atoms with E-state index in [1.165, 1.54) is 0 Å². The second-order valence-corrected chi connectivity index (χ2v) is 6.20. The van der Waals surface area contributed by atoms with Crippen LogP contribution in [0.3, 0.4) is 0 Å². The highest BCUT2D eigenvalue weighted by Gasteiger charge is 2.10. The fraction of sp³-hybridized carbons (Fsp3) is 0.400. The van der Waals surface area contributed by atoms with Crippen molar-refractivity contribution in [1.82, 2.24) is 9.78 Å². The standard InChI is InChI=1S/C15H18BrClN2O/c1-10(2)19-5-4-14(18-19)9-20-15-11(3)6-13(16)7-12(15)8-17/h4-7,10H,8-9H2,1-3H3. The van der Waals surface area contributed by atoms with Gasteiger partial charge in [-0.1, -0.05) is 15.9 Å². The monoisotopic (exact) mass is 356 g/mol. The summed E-state index contributed by atoms with van der Waals surface area (Å²) in [5.74, 6) is 1.28. The molecule has 3 nitrogen and oxygen atoms in total. The van der Waals surface area contributed by atoms with Crippen molar-refractivity contribution in [2.75, 3.05) is 0 Å². The maximum absolute atomic E-state index is 5.98. The molecule has 0 bridgehead atoms. The van der Waals surface area contributed by atoms with Crippen LogP contribution in [0.4, 0.5) is 0 Å². The molecule has 108 valence electrons. The Kier molecular flexibility index (Phi) is 5.11. The van der Waals surface area contributed by atoms with Crippen molar-refractivity contribution in [1.29, 1.82) is 0 Å². The highest BCUT2D eigenvalue weighted by atomic mass is 79.9. The number of halogens is 2. The van der Waals surface area contributed by atoms with E-state index in [4.69, 9.17) is 16.3 Å². The predicted octanol–water partition coefficient (Wildman–Crippen LogP) is 4.85. The lowest BCUT2D eigenvalue weighted by Gasteiger charge is -2.13. The quantitative estimate of drug-likeness (QED) is 0.715. The van der Waals surface area contributed by atoms with Gasteiger partial charge in [-0.25, -0.2) is 0 Å². The van der Waals surface area contributed by atoms with Gasteiger partial charge in [0.15, 0.2) is 0 Å². The molecular weight excluding hydrogens is 340 g/mol. The Morgan fingerprint density at radius 3 is 2.75 bits per heavy atom. The topological polar surface area (TPSA) is 27.1 Å². The Labute approximate surface area is 133 Å². The van der Waals surface area contributed by atoms with E-state index >= 15 is 0 Å². The summed E-state index contributed by atoms with van der Waals surface area (Å²) in [5, 5.41) is 4.48. The molecule has 2 aromatic rings. The zero-order valence-corrected chi connectivity index (χ0v) is 14.2. The normalized spacial score (nSPS) is 11.1.